The third-order valence-corrected chi connectivity index (χ3v) is 3.92. The largest absolute Gasteiger partial charge is 0.431 e. The molecule has 4 rings (SSSR count). The molecule has 3 aromatic heterocycles. The Morgan fingerprint density at radius 3 is 2.79 bits per heavy atom. The predicted octanol–water partition coefficient (Wildman–Crippen LogP) is 4.17. The summed E-state index contributed by atoms with van der Waals surface area (Å²) in [5.74, 6) is 0.199. The SMILES string of the molecule is Cc1ccc2cccc(Oc3ncnc(Nc4cccnc4)c3[N+](=O)[O-])c2n1. The Kier molecular flexibility index (Phi) is 4.47. The van der Waals surface area contributed by atoms with Crippen LogP contribution in [0.1, 0.15) is 5.69 Å². The van der Waals surface area contributed by atoms with Gasteiger partial charge in [-0.05, 0) is 31.2 Å². The van der Waals surface area contributed by atoms with Crippen LogP contribution in [-0.4, -0.2) is 24.9 Å². The van der Waals surface area contributed by atoms with Crippen LogP contribution in [0.4, 0.5) is 17.2 Å². The van der Waals surface area contributed by atoms with E-state index in [2.05, 4.69) is 25.3 Å². The molecule has 0 radical (unpaired) electrons. The summed E-state index contributed by atoms with van der Waals surface area (Å²) in [6, 6.07) is 12.6. The van der Waals surface area contributed by atoms with Crippen molar-refractivity contribution in [2.45, 2.75) is 6.92 Å². The lowest BCUT2D eigenvalue weighted by atomic mass is 10.2. The molecule has 0 saturated carbocycles. The van der Waals surface area contributed by atoms with E-state index >= 15 is 0 Å². The van der Waals surface area contributed by atoms with E-state index in [0.717, 1.165) is 11.1 Å². The average molecular weight is 374 g/mol. The standard InChI is InChI=1S/C19H14N6O3/c1-12-7-8-13-4-2-6-15(16(13)23-12)28-19-17(25(26)27)18(21-11-22-19)24-14-5-3-9-20-10-14/h2-11H,1H3,(H,21,22,24). The molecule has 1 N–H and O–H groups in total. The Hall–Kier alpha value is -4.14. The Morgan fingerprint density at radius 1 is 1.11 bits per heavy atom. The molecular formula is C19H14N6O3. The van der Waals surface area contributed by atoms with Gasteiger partial charge in [0.05, 0.1) is 16.8 Å². The molecule has 3 heterocycles. The molecule has 9 nitrogen and oxygen atoms in total. The number of para-hydroxylation sites is 1. The highest BCUT2D eigenvalue weighted by Gasteiger charge is 2.26. The highest BCUT2D eigenvalue weighted by atomic mass is 16.6. The number of nitrogens with zero attached hydrogens (tertiary/aromatic N) is 5. The quantitative estimate of drug-likeness (QED) is 0.409. The van der Waals surface area contributed by atoms with E-state index in [1.165, 1.54) is 12.5 Å². The number of hydrogen-bond acceptors (Lipinski definition) is 8. The van der Waals surface area contributed by atoms with Gasteiger partial charge < -0.3 is 10.1 Å². The van der Waals surface area contributed by atoms with Gasteiger partial charge in [-0.25, -0.2) is 9.97 Å². The van der Waals surface area contributed by atoms with E-state index in [9.17, 15) is 10.1 Å². The maximum absolute atomic E-state index is 11.7. The van der Waals surface area contributed by atoms with Crippen molar-refractivity contribution in [3.05, 3.63) is 77.0 Å². The number of benzene rings is 1. The fourth-order valence-corrected chi connectivity index (χ4v) is 2.67. The number of nitro groups is 1. The minimum atomic E-state index is -0.585. The zero-order valence-electron chi connectivity index (χ0n) is 14.7. The van der Waals surface area contributed by atoms with Crippen LogP contribution in [0.5, 0.6) is 11.6 Å². The maximum atomic E-state index is 11.7. The van der Waals surface area contributed by atoms with Gasteiger partial charge in [-0.2, -0.15) is 4.98 Å². The third-order valence-electron chi connectivity index (χ3n) is 3.92. The Morgan fingerprint density at radius 2 is 2.00 bits per heavy atom. The predicted molar refractivity (Wildman–Crippen MR) is 103 cm³/mol. The highest BCUT2D eigenvalue weighted by Crippen LogP contribution is 2.37. The summed E-state index contributed by atoms with van der Waals surface area (Å²) in [5.41, 5.74) is 1.57. The van der Waals surface area contributed by atoms with E-state index < -0.39 is 4.92 Å². The number of hydrogen-bond donors (Lipinski definition) is 1. The van der Waals surface area contributed by atoms with Gasteiger partial charge in [0.25, 0.3) is 0 Å². The second-order valence-corrected chi connectivity index (χ2v) is 5.88. The summed E-state index contributed by atoms with van der Waals surface area (Å²) in [6.07, 6.45) is 4.33. The molecule has 4 aromatic rings. The summed E-state index contributed by atoms with van der Waals surface area (Å²) < 4.78 is 5.81. The van der Waals surface area contributed by atoms with Crippen LogP contribution in [0.3, 0.4) is 0 Å². The Labute approximate surface area is 159 Å². The lowest BCUT2D eigenvalue weighted by Crippen LogP contribution is -2.04. The van der Waals surface area contributed by atoms with Crippen molar-refractivity contribution in [3.63, 3.8) is 0 Å². The van der Waals surface area contributed by atoms with Crippen LogP contribution < -0.4 is 10.1 Å². The topological polar surface area (TPSA) is 116 Å². The fraction of sp³-hybridized carbons (Fsp3) is 0.0526. The lowest BCUT2D eigenvalue weighted by Gasteiger charge is -2.10. The van der Waals surface area contributed by atoms with Gasteiger partial charge >= 0.3 is 11.6 Å². The Bertz CT molecular complexity index is 1170. The van der Waals surface area contributed by atoms with E-state index in [-0.39, 0.29) is 17.4 Å². The van der Waals surface area contributed by atoms with Crippen molar-refractivity contribution in [2.24, 2.45) is 0 Å². The van der Waals surface area contributed by atoms with E-state index in [4.69, 9.17) is 4.74 Å². The molecular weight excluding hydrogens is 360 g/mol. The number of fused-ring (bicyclic) bond motifs is 1. The van der Waals surface area contributed by atoms with Gasteiger partial charge in [0.2, 0.25) is 5.82 Å². The number of aromatic nitrogens is 4. The molecule has 9 heteroatoms. The number of pyridine rings is 2. The van der Waals surface area contributed by atoms with Crippen molar-refractivity contribution in [1.82, 2.24) is 19.9 Å². The molecule has 0 aliphatic heterocycles. The molecule has 0 aliphatic carbocycles. The van der Waals surface area contributed by atoms with Gasteiger partial charge in [-0.3, -0.25) is 15.1 Å². The molecule has 138 valence electrons. The van der Waals surface area contributed by atoms with Crippen LogP contribution in [-0.2, 0) is 0 Å². The van der Waals surface area contributed by atoms with Crippen LogP contribution in [0.2, 0.25) is 0 Å². The van der Waals surface area contributed by atoms with Gasteiger partial charge in [-0.1, -0.05) is 18.2 Å². The minimum Gasteiger partial charge on any atom is -0.431 e. The first kappa shape index (κ1) is 17.3. The van der Waals surface area contributed by atoms with E-state index in [1.807, 2.05) is 25.1 Å². The molecule has 0 fully saturated rings. The van der Waals surface area contributed by atoms with Crippen LogP contribution in [0, 0.1) is 17.0 Å². The summed E-state index contributed by atoms with van der Waals surface area (Å²) in [5, 5.41) is 15.4. The first-order chi connectivity index (χ1) is 13.6. The fourth-order valence-electron chi connectivity index (χ4n) is 2.67. The zero-order chi connectivity index (χ0) is 19.5. The highest BCUT2D eigenvalue weighted by molar-refractivity contribution is 5.85. The first-order valence-corrected chi connectivity index (χ1v) is 8.32. The van der Waals surface area contributed by atoms with Crippen LogP contribution in [0.15, 0.2) is 61.2 Å². The van der Waals surface area contributed by atoms with Gasteiger partial charge in [0, 0.05) is 17.3 Å². The molecule has 28 heavy (non-hydrogen) atoms. The number of rotatable bonds is 5. The molecule has 0 aliphatic rings. The Balaban J connectivity index is 1.77. The molecule has 0 atom stereocenters. The summed E-state index contributed by atoms with van der Waals surface area (Å²) in [6.45, 7) is 1.86. The van der Waals surface area contributed by atoms with E-state index in [0.29, 0.717) is 17.0 Å². The lowest BCUT2D eigenvalue weighted by molar-refractivity contribution is -0.385. The van der Waals surface area contributed by atoms with Gasteiger partial charge in [0.15, 0.2) is 5.75 Å². The van der Waals surface area contributed by atoms with Crippen molar-refractivity contribution >= 4 is 28.1 Å². The van der Waals surface area contributed by atoms with Crippen LogP contribution >= 0.6 is 0 Å². The van der Waals surface area contributed by atoms with Crippen LogP contribution in [0.25, 0.3) is 10.9 Å². The molecule has 1 aromatic carbocycles. The normalized spacial score (nSPS) is 10.6. The first-order valence-electron chi connectivity index (χ1n) is 8.32. The third kappa shape index (κ3) is 3.40. The second-order valence-electron chi connectivity index (χ2n) is 5.88. The maximum Gasteiger partial charge on any atom is 0.373 e. The smallest absolute Gasteiger partial charge is 0.373 e. The zero-order valence-corrected chi connectivity index (χ0v) is 14.7. The number of anilines is 2. The van der Waals surface area contributed by atoms with Crippen molar-refractivity contribution in [1.29, 1.82) is 0 Å². The molecule has 0 spiro atoms. The average Bonchev–Trinajstić information content (AvgIpc) is 2.69. The summed E-state index contributed by atoms with van der Waals surface area (Å²) in [4.78, 5) is 27.5. The van der Waals surface area contributed by atoms with Crippen molar-refractivity contribution in [2.75, 3.05) is 5.32 Å². The molecule has 0 unspecified atom stereocenters. The number of ether oxygens (including phenoxy) is 1. The number of aryl methyl sites for hydroxylation is 1. The second kappa shape index (κ2) is 7.23. The van der Waals surface area contributed by atoms with Crippen molar-refractivity contribution in [3.8, 4) is 11.6 Å². The van der Waals surface area contributed by atoms with Gasteiger partial charge in [-0.15, -0.1) is 0 Å². The summed E-state index contributed by atoms with van der Waals surface area (Å²) in [7, 11) is 0. The van der Waals surface area contributed by atoms with Gasteiger partial charge in [0.1, 0.15) is 11.8 Å². The summed E-state index contributed by atoms with van der Waals surface area (Å²) >= 11 is 0. The van der Waals surface area contributed by atoms with E-state index in [1.54, 1.807) is 30.5 Å². The number of nitrogens with one attached hydrogen (secondary N) is 1. The monoisotopic (exact) mass is 374 g/mol. The molecule has 0 bridgehead atoms. The minimum absolute atomic E-state index is 0.00683. The molecule has 0 saturated heterocycles. The van der Waals surface area contributed by atoms with Crippen molar-refractivity contribution < 1.29 is 9.66 Å². The molecule has 0 amide bonds.